The smallest absolute Gasteiger partial charge is 0.194 e. The fraction of sp³-hybridized carbons (Fsp3) is 0.312. The summed E-state index contributed by atoms with van der Waals surface area (Å²) in [4.78, 5) is 13.3. The van der Waals surface area contributed by atoms with E-state index >= 15 is 0 Å². The number of phenols is 2. The summed E-state index contributed by atoms with van der Waals surface area (Å²) in [5.41, 5.74) is 1.60. The SMILES string of the molecule is Oc1cccc(Nc2nc(I)nc3c2ncn3C2CCCCO2)c1O. The Hall–Kier alpha value is -2.14. The van der Waals surface area contributed by atoms with E-state index in [4.69, 9.17) is 4.74 Å². The van der Waals surface area contributed by atoms with Crippen molar-refractivity contribution in [3.63, 3.8) is 0 Å². The highest BCUT2D eigenvalue weighted by atomic mass is 127. The van der Waals surface area contributed by atoms with Crippen LogP contribution in [-0.2, 0) is 4.74 Å². The number of phenolic OH excluding ortho intramolecular Hbond substituents is 2. The van der Waals surface area contributed by atoms with E-state index in [1.54, 1.807) is 18.5 Å². The summed E-state index contributed by atoms with van der Waals surface area (Å²) < 4.78 is 8.30. The molecule has 2 aromatic heterocycles. The molecule has 1 aliphatic heterocycles. The molecule has 0 spiro atoms. The predicted molar refractivity (Wildman–Crippen MR) is 99.9 cm³/mol. The Morgan fingerprint density at radius 2 is 2.12 bits per heavy atom. The molecule has 8 nitrogen and oxygen atoms in total. The number of imidazole rings is 1. The molecule has 0 bridgehead atoms. The van der Waals surface area contributed by atoms with Crippen molar-refractivity contribution in [1.29, 1.82) is 0 Å². The first kappa shape index (κ1) is 16.3. The molecule has 0 saturated carbocycles. The van der Waals surface area contributed by atoms with E-state index in [1.807, 2.05) is 27.2 Å². The van der Waals surface area contributed by atoms with Crippen LogP contribution >= 0.6 is 22.6 Å². The Morgan fingerprint density at radius 1 is 1.24 bits per heavy atom. The average Bonchev–Trinajstić information content (AvgIpc) is 3.03. The fourth-order valence-corrected chi connectivity index (χ4v) is 3.36. The third kappa shape index (κ3) is 3.09. The highest BCUT2D eigenvalue weighted by molar-refractivity contribution is 14.1. The largest absolute Gasteiger partial charge is 0.504 e. The van der Waals surface area contributed by atoms with Crippen LogP contribution in [-0.4, -0.2) is 36.3 Å². The average molecular weight is 453 g/mol. The third-order valence-electron chi connectivity index (χ3n) is 4.13. The quantitative estimate of drug-likeness (QED) is 0.318. The second-order valence-electron chi connectivity index (χ2n) is 5.78. The molecule has 9 heteroatoms. The number of nitrogens with zero attached hydrogens (tertiary/aromatic N) is 4. The second-order valence-corrected chi connectivity index (χ2v) is 6.75. The minimum absolute atomic E-state index is 0.0773. The first-order valence-electron chi connectivity index (χ1n) is 7.93. The molecule has 1 aromatic carbocycles. The fourth-order valence-electron chi connectivity index (χ4n) is 2.89. The zero-order valence-electron chi connectivity index (χ0n) is 13.2. The molecule has 0 radical (unpaired) electrons. The first-order chi connectivity index (χ1) is 12.1. The Labute approximate surface area is 157 Å². The maximum absolute atomic E-state index is 10.0. The van der Waals surface area contributed by atoms with Crippen LogP contribution in [0.3, 0.4) is 0 Å². The van der Waals surface area contributed by atoms with Gasteiger partial charge in [0.25, 0.3) is 0 Å². The third-order valence-corrected chi connectivity index (χ3v) is 4.61. The molecule has 3 heterocycles. The number of para-hydroxylation sites is 1. The van der Waals surface area contributed by atoms with Gasteiger partial charge in [0.1, 0.15) is 6.23 Å². The van der Waals surface area contributed by atoms with E-state index in [0.717, 1.165) is 25.9 Å². The Morgan fingerprint density at radius 3 is 2.92 bits per heavy atom. The number of fused-ring (bicyclic) bond motifs is 1. The monoisotopic (exact) mass is 453 g/mol. The van der Waals surface area contributed by atoms with Crippen molar-refractivity contribution in [2.24, 2.45) is 0 Å². The van der Waals surface area contributed by atoms with Crippen LogP contribution in [0.5, 0.6) is 11.5 Å². The number of ether oxygens (including phenoxy) is 1. The molecule has 1 atom stereocenters. The van der Waals surface area contributed by atoms with Crippen molar-refractivity contribution in [1.82, 2.24) is 19.5 Å². The minimum atomic E-state index is -0.237. The molecular weight excluding hydrogens is 437 g/mol. The Kier molecular flexibility index (Phi) is 4.34. The van der Waals surface area contributed by atoms with Crippen molar-refractivity contribution in [2.75, 3.05) is 11.9 Å². The van der Waals surface area contributed by atoms with Gasteiger partial charge in [-0.1, -0.05) is 6.07 Å². The number of benzene rings is 1. The normalized spacial score (nSPS) is 17.7. The predicted octanol–water partition coefficient (Wildman–Crippen LogP) is 3.28. The van der Waals surface area contributed by atoms with E-state index in [1.165, 1.54) is 6.07 Å². The second kappa shape index (κ2) is 6.64. The molecular formula is C16H16IN5O3. The van der Waals surface area contributed by atoms with E-state index < -0.39 is 0 Å². The molecule has 130 valence electrons. The minimum Gasteiger partial charge on any atom is -0.504 e. The number of hydrogen-bond acceptors (Lipinski definition) is 7. The maximum Gasteiger partial charge on any atom is 0.194 e. The van der Waals surface area contributed by atoms with Gasteiger partial charge in [-0.15, -0.1) is 0 Å². The first-order valence-corrected chi connectivity index (χ1v) is 9.01. The van der Waals surface area contributed by atoms with Gasteiger partial charge in [0, 0.05) is 29.2 Å². The van der Waals surface area contributed by atoms with Gasteiger partial charge in [-0.3, -0.25) is 4.57 Å². The molecule has 25 heavy (non-hydrogen) atoms. The van der Waals surface area contributed by atoms with Gasteiger partial charge in [-0.05, 0) is 31.4 Å². The van der Waals surface area contributed by atoms with Crippen molar-refractivity contribution < 1.29 is 14.9 Å². The van der Waals surface area contributed by atoms with Gasteiger partial charge in [0.05, 0.1) is 12.0 Å². The molecule has 0 aliphatic carbocycles. The number of aromatic hydroxyl groups is 2. The van der Waals surface area contributed by atoms with E-state index in [9.17, 15) is 10.2 Å². The highest BCUT2D eigenvalue weighted by Crippen LogP contribution is 2.36. The molecule has 3 aromatic rings. The molecule has 4 rings (SSSR count). The van der Waals surface area contributed by atoms with Crippen LogP contribution in [0, 0.1) is 3.83 Å². The number of halogens is 1. The van der Waals surface area contributed by atoms with E-state index in [2.05, 4.69) is 20.3 Å². The summed E-state index contributed by atoms with van der Waals surface area (Å²) in [6, 6.07) is 4.70. The van der Waals surface area contributed by atoms with Crippen LogP contribution in [0.25, 0.3) is 11.2 Å². The number of anilines is 2. The lowest BCUT2D eigenvalue weighted by Crippen LogP contribution is -2.18. The summed E-state index contributed by atoms with van der Waals surface area (Å²) in [6.45, 7) is 0.731. The molecule has 1 unspecified atom stereocenters. The van der Waals surface area contributed by atoms with E-state index in [0.29, 0.717) is 26.5 Å². The zero-order valence-corrected chi connectivity index (χ0v) is 15.3. The number of rotatable bonds is 3. The number of hydrogen-bond donors (Lipinski definition) is 3. The highest BCUT2D eigenvalue weighted by Gasteiger charge is 2.21. The van der Waals surface area contributed by atoms with Crippen molar-refractivity contribution >= 4 is 45.3 Å². The van der Waals surface area contributed by atoms with Crippen LogP contribution in [0.1, 0.15) is 25.5 Å². The summed E-state index contributed by atoms with van der Waals surface area (Å²) in [5, 5.41) is 22.7. The lowest BCUT2D eigenvalue weighted by atomic mass is 10.2. The molecule has 1 saturated heterocycles. The summed E-state index contributed by atoms with van der Waals surface area (Å²) in [6.07, 6.45) is 4.72. The van der Waals surface area contributed by atoms with Gasteiger partial charge < -0.3 is 20.3 Å². The maximum atomic E-state index is 10.0. The Balaban J connectivity index is 1.77. The molecule has 0 amide bonds. The lowest BCUT2D eigenvalue weighted by Gasteiger charge is -2.23. The zero-order chi connectivity index (χ0) is 17.4. The van der Waals surface area contributed by atoms with Gasteiger partial charge in [-0.2, -0.15) is 0 Å². The topological polar surface area (TPSA) is 105 Å². The number of aromatic nitrogens is 4. The van der Waals surface area contributed by atoms with Crippen molar-refractivity contribution in [3.8, 4) is 11.5 Å². The van der Waals surface area contributed by atoms with Crippen LogP contribution in [0.4, 0.5) is 11.5 Å². The van der Waals surface area contributed by atoms with Crippen molar-refractivity contribution in [2.45, 2.75) is 25.5 Å². The van der Waals surface area contributed by atoms with Crippen molar-refractivity contribution in [3.05, 3.63) is 28.4 Å². The Bertz CT molecular complexity index is 924. The molecule has 1 fully saturated rings. The lowest BCUT2D eigenvalue weighted by molar-refractivity contribution is -0.0298. The summed E-state index contributed by atoms with van der Waals surface area (Å²) >= 11 is 2.04. The van der Waals surface area contributed by atoms with Gasteiger partial charge in [0.15, 0.2) is 32.3 Å². The summed E-state index contributed by atoms with van der Waals surface area (Å²) in [7, 11) is 0. The molecule has 1 aliphatic rings. The van der Waals surface area contributed by atoms with Gasteiger partial charge in [0.2, 0.25) is 0 Å². The van der Waals surface area contributed by atoms with Crippen LogP contribution in [0.15, 0.2) is 24.5 Å². The standard InChI is InChI=1S/C16H16IN5O3/c17-16-20-14(19-9-4-3-5-10(23)13(9)24)12-15(21-16)22(8-18-12)11-6-1-2-7-25-11/h3-5,8,11,23-24H,1-2,6-7H2,(H,19,20,21). The number of nitrogens with one attached hydrogen (secondary N) is 1. The van der Waals surface area contributed by atoms with Gasteiger partial charge >= 0.3 is 0 Å². The van der Waals surface area contributed by atoms with E-state index in [-0.39, 0.29) is 17.7 Å². The van der Waals surface area contributed by atoms with Crippen LogP contribution in [0.2, 0.25) is 0 Å². The molecule has 3 N–H and O–H groups in total. The van der Waals surface area contributed by atoms with Gasteiger partial charge in [-0.25, -0.2) is 15.0 Å². The summed E-state index contributed by atoms with van der Waals surface area (Å²) in [5.74, 6) is 0.0234. The van der Waals surface area contributed by atoms with Crippen LogP contribution < -0.4 is 5.32 Å².